The van der Waals surface area contributed by atoms with Crippen molar-refractivity contribution in [2.45, 2.75) is 32.6 Å². The fourth-order valence-electron chi connectivity index (χ4n) is 2.12. The second-order valence-electron chi connectivity index (χ2n) is 4.01. The first-order valence-electron chi connectivity index (χ1n) is 5.12. The molecule has 0 saturated carbocycles. The van der Waals surface area contributed by atoms with Gasteiger partial charge in [0.25, 0.3) is 0 Å². The molecule has 1 unspecified atom stereocenters. The Morgan fingerprint density at radius 2 is 2.23 bits per heavy atom. The summed E-state index contributed by atoms with van der Waals surface area (Å²) in [6.07, 6.45) is 2.60. The number of benzene rings is 1. The summed E-state index contributed by atoms with van der Waals surface area (Å²) in [5, 5.41) is 3.52. The van der Waals surface area contributed by atoms with Crippen molar-refractivity contribution in [3.05, 3.63) is 29.3 Å². The van der Waals surface area contributed by atoms with Crippen LogP contribution in [-0.4, -0.2) is 6.54 Å². The molecule has 1 aliphatic heterocycles. The lowest BCUT2D eigenvalue weighted by atomic mass is 9.94. The van der Waals surface area contributed by atoms with Gasteiger partial charge in [0.05, 0.1) is 0 Å². The van der Waals surface area contributed by atoms with E-state index >= 15 is 0 Å². The average Bonchev–Trinajstić information content (AvgIpc) is 2.30. The lowest BCUT2D eigenvalue weighted by Crippen LogP contribution is -2.01. The molecular weight excluding hydrogens is 158 g/mol. The van der Waals surface area contributed by atoms with E-state index < -0.39 is 0 Å². The molecule has 0 fully saturated rings. The number of hydrogen-bond acceptors (Lipinski definition) is 1. The predicted octanol–water partition coefficient (Wildman–Crippen LogP) is 3.30. The maximum atomic E-state index is 3.52. The number of aryl methyl sites for hydroxylation is 1. The Balaban J connectivity index is 2.47. The number of nitrogens with one attached hydrogen (secondary N) is 1. The Morgan fingerprint density at radius 1 is 1.38 bits per heavy atom. The van der Waals surface area contributed by atoms with Gasteiger partial charge < -0.3 is 5.32 Å². The van der Waals surface area contributed by atoms with Gasteiger partial charge in [0, 0.05) is 12.2 Å². The minimum absolute atomic E-state index is 0.713. The normalized spacial score (nSPS) is 21.5. The Hall–Kier alpha value is -0.980. The number of hydrogen-bond donors (Lipinski definition) is 1. The molecule has 0 aliphatic carbocycles. The van der Waals surface area contributed by atoms with Crippen LogP contribution >= 0.6 is 0 Å². The van der Waals surface area contributed by atoms with Crippen molar-refractivity contribution in [1.29, 1.82) is 0 Å². The minimum Gasteiger partial charge on any atom is -0.385 e. The van der Waals surface area contributed by atoms with Crippen LogP contribution in [0.4, 0.5) is 5.69 Å². The molecule has 1 aromatic rings. The van der Waals surface area contributed by atoms with E-state index in [1.807, 2.05) is 0 Å². The molecule has 1 aliphatic rings. The van der Waals surface area contributed by atoms with Crippen LogP contribution in [0.1, 0.15) is 36.8 Å². The first kappa shape index (κ1) is 8.61. The van der Waals surface area contributed by atoms with Crippen LogP contribution in [-0.2, 0) is 0 Å². The summed E-state index contributed by atoms with van der Waals surface area (Å²) in [6, 6.07) is 6.60. The number of para-hydroxylation sites is 1. The zero-order valence-electron chi connectivity index (χ0n) is 8.43. The first-order chi connectivity index (χ1) is 6.29. The van der Waals surface area contributed by atoms with Crippen LogP contribution in [0.5, 0.6) is 0 Å². The van der Waals surface area contributed by atoms with Gasteiger partial charge in [-0.1, -0.05) is 25.1 Å². The monoisotopic (exact) mass is 175 g/mol. The van der Waals surface area contributed by atoms with Gasteiger partial charge in [0.15, 0.2) is 0 Å². The lowest BCUT2D eigenvalue weighted by Gasteiger charge is -2.14. The van der Waals surface area contributed by atoms with Crippen molar-refractivity contribution in [3.63, 3.8) is 0 Å². The second kappa shape index (κ2) is 3.41. The van der Waals surface area contributed by atoms with Crippen molar-refractivity contribution in [1.82, 2.24) is 0 Å². The average molecular weight is 175 g/mol. The summed E-state index contributed by atoms with van der Waals surface area (Å²) >= 11 is 0. The van der Waals surface area contributed by atoms with Gasteiger partial charge in [-0.15, -0.1) is 0 Å². The quantitative estimate of drug-likeness (QED) is 0.638. The molecule has 2 rings (SSSR count). The Kier molecular flexibility index (Phi) is 2.26. The molecule has 0 aromatic heterocycles. The van der Waals surface area contributed by atoms with E-state index in [1.165, 1.54) is 29.7 Å². The largest absolute Gasteiger partial charge is 0.385 e. The minimum atomic E-state index is 0.713. The number of rotatable bonds is 0. The van der Waals surface area contributed by atoms with E-state index in [0.29, 0.717) is 5.92 Å². The van der Waals surface area contributed by atoms with Gasteiger partial charge in [-0.25, -0.2) is 0 Å². The van der Waals surface area contributed by atoms with Gasteiger partial charge in [0.1, 0.15) is 0 Å². The van der Waals surface area contributed by atoms with E-state index in [1.54, 1.807) is 0 Å². The second-order valence-corrected chi connectivity index (χ2v) is 4.01. The van der Waals surface area contributed by atoms with E-state index in [-0.39, 0.29) is 0 Å². The van der Waals surface area contributed by atoms with Crippen molar-refractivity contribution < 1.29 is 0 Å². The van der Waals surface area contributed by atoms with Gasteiger partial charge in [-0.2, -0.15) is 0 Å². The van der Waals surface area contributed by atoms with Crippen molar-refractivity contribution in [2.24, 2.45) is 0 Å². The SMILES string of the molecule is Cc1cccc2c1NCCCC2C. The molecule has 0 radical (unpaired) electrons. The van der Waals surface area contributed by atoms with Crippen LogP contribution < -0.4 is 5.32 Å². The fraction of sp³-hybridized carbons (Fsp3) is 0.500. The zero-order valence-corrected chi connectivity index (χ0v) is 8.43. The molecule has 70 valence electrons. The maximum Gasteiger partial charge on any atom is 0.0405 e. The number of fused-ring (bicyclic) bond motifs is 1. The third kappa shape index (κ3) is 1.55. The third-order valence-electron chi connectivity index (χ3n) is 2.95. The highest BCUT2D eigenvalue weighted by molar-refractivity contribution is 5.59. The van der Waals surface area contributed by atoms with E-state index in [4.69, 9.17) is 0 Å². The topological polar surface area (TPSA) is 12.0 Å². The van der Waals surface area contributed by atoms with Crippen LogP contribution in [0.25, 0.3) is 0 Å². The van der Waals surface area contributed by atoms with Crippen molar-refractivity contribution in [2.75, 3.05) is 11.9 Å². The summed E-state index contributed by atoms with van der Waals surface area (Å²) in [4.78, 5) is 0. The molecule has 13 heavy (non-hydrogen) atoms. The predicted molar refractivity (Wildman–Crippen MR) is 57.3 cm³/mol. The summed E-state index contributed by atoms with van der Waals surface area (Å²) in [5.41, 5.74) is 4.26. The van der Waals surface area contributed by atoms with Crippen LogP contribution in [0.3, 0.4) is 0 Å². The Labute approximate surface area is 80.2 Å². The van der Waals surface area contributed by atoms with Gasteiger partial charge in [-0.05, 0) is 36.8 Å². The summed E-state index contributed by atoms with van der Waals surface area (Å²) in [6.45, 7) is 5.64. The van der Waals surface area contributed by atoms with Gasteiger partial charge in [-0.3, -0.25) is 0 Å². The molecule has 0 saturated heterocycles. The molecule has 1 heterocycles. The standard InChI is InChI=1S/C12H17N/c1-9-6-4-8-13-12-10(2)5-3-7-11(9)12/h3,5,7,9,13H,4,6,8H2,1-2H3. The highest BCUT2D eigenvalue weighted by Gasteiger charge is 2.14. The fourth-order valence-corrected chi connectivity index (χ4v) is 2.12. The zero-order chi connectivity index (χ0) is 9.26. The molecule has 1 heteroatoms. The highest BCUT2D eigenvalue weighted by Crippen LogP contribution is 2.32. The smallest absolute Gasteiger partial charge is 0.0405 e. The first-order valence-corrected chi connectivity index (χ1v) is 5.12. The van der Waals surface area contributed by atoms with E-state index in [0.717, 1.165) is 6.54 Å². The molecule has 0 bridgehead atoms. The molecule has 1 atom stereocenters. The van der Waals surface area contributed by atoms with Gasteiger partial charge >= 0.3 is 0 Å². The van der Waals surface area contributed by atoms with Crippen LogP contribution in [0.2, 0.25) is 0 Å². The van der Waals surface area contributed by atoms with Crippen LogP contribution in [0.15, 0.2) is 18.2 Å². The summed E-state index contributed by atoms with van der Waals surface area (Å²) < 4.78 is 0. The highest BCUT2D eigenvalue weighted by atomic mass is 14.9. The molecule has 0 amide bonds. The lowest BCUT2D eigenvalue weighted by molar-refractivity contribution is 0.667. The molecular formula is C12H17N. The number of anilines is 1. The molecule has 1 aromatic carbocycles. The Bertz CT molecular complexity index is 304. The Morgan fingerprint density at radius 3 is 3.08 bits per heavy atom. The third-order valence-corrected chi connectivity index (χ3v) is 2.95. The maximum absolute atomic E-state index is 3.52. The van der Waals surface area contributed by atoms with Gasteiger partial charge in [0.2, 0.25) is 0 Å². The van der Waals surface area contributed by atoms with Crippen molar-refractivity contribution >= 4 is 5.69 Å². The van der Waals surface area contributed by atoms with Crippen LogP contribution in [0, 0.1) is 6.92 Å². The molecule has 1 N–H and O–H groups in total. The molecule has 1 nitrogen and oxygen atoms in total. The van der Waals surface area contributed by atoms with E-state index in [2.05, 4.69) is 37.4 Å². The summed E-state index contributed by atoms with van der Waals surface area (Å²) in [7, 11) is 0. The van der Waals surface area contributed by atoms with E-state index in [9.17, 15) is 0 Å². The molecule has 0 spiro atoms. The summed E-state index contributed by atoms with van der Waals surface area (Å²) in [5.74, 6) is 0.713. The van der Waals surface area contributed by atoms with Crippen molar-refractivity contribution in [3.8, 4) is 0 Å².